The molecule has 1 saturated heterocycles. The quantitative estimate of drug-likeness (QED) is 0.862. The van der Waals surface area contributed by atoms with Crippen molar-refractivity contribution in [3.8, 4) is 0 Å². The second-order valence-electron chi connectivity index (χ2n) is 6.09. The number of hydrogen-bond donors (Lipinski definition) is 1. The smallest absolute Gasteiger partial charge is 0.315 e. The summed E-state index contributed by atoms with van der Waals surface area (Å²) in [6, 6.07) is 6.79. The summed E-state index contributed by atoms with van der Waals surface area (Å²) in [6.45, 7) is -0.0868. The summed E-state index contributed by atoms with van der Waals surface area (Å²) in [7, 11) is 0. The lowest BCUT2D eigenvalue weighted by atomic mass is 9.76. The molecule has 2 aliphatic rings. The third-order valence-electron chi connectivity index (χ3n) is 4.86. The molecule has 21 heavy (non-hydrogen) atoms. The van der Waals surface area contributed by atoms with Crippen molar-refractivity contribution in [1.82, 2.24) is 5.32 Å². The Bertz CT molecular complexity index is 543. The maximum Gasteiger partial charge on any atom is 0.402 e. The molecule has 1 saturated carbocycles. The summed E-state index contributed by atoms with van der Waals surface area (Å²) in [4.78, 5) is 12.5. The first kappa shape index (κ1) is 14.6. The van der Waals surface area contributed by atoms with E-state index in [9.17, 15) is 18.0 Å². The van der Waals surface area contributed by atoms with Gasteiger partial charge in [-0.15, -0.1) is 0 Å². The molecule has 5 heteroatoms. The van der Waals surface area contributed by atoms with Crippen molar-refractivity contribution in [1.29, 1.82) is 0 Å². The van der Waals surface area contributed by atoms with E-state index in [-0.39, 0.29) is 25.1 Å². The number of carbonyl (C=O) groups is 1. The second kappa shape index (κ2) is 5.13. The summed E-state index contributed by atoms with van der Waals surface area (Å²) in [5, 5.41) is 2.69. The number of hydrogen-bond acceptors (Lipinski definition) is 2. The number of carbonyl (C=O) groups excluding carboxylic acids is 1. The van der Waals surface area contributed by atoms with Gasteiger partial charge in [-0.1, -0.05) is 24.6 Å². The van der Waals surface area contributed by atoms with Gasteiger partial charge < -0.3 is 5.32 Å². The van der Waals surface area contributed by atoms with Gasteiger partial charge in [0.1, 0.15) is 5.41 Å². The number of Topliss-reactive ketones (excluding diaryl/α,β-unsaturated/α-hetero) is 1. The van der Waals surface area contributed by atoms with Gasteiger partial charge in [0.15, 0.2) is 5.78 Å². The molecule has 0 radical (unpaired) electrons. The largest absolute Gasteiger partial charge is 0.402 e. The minimum atomic E-state index is -4.51. The molecular weight excluding hydrogens is 279 g/mol. The molecule has 0 spiro atoms. The summed E-state index contributed by atoms with van der Waals surface area (Å²) in [5.41, 5.74) is -1.07. The fraction of sp³-hybridized carbons (Fsp3) is 0.562. The molecule has 3 rings (SSSR count). The van der Waals surface area contributed by atoms with Crippen molar-refractivity contribution in [3.63, 3.8) is 0 Å². The SMILES string of the molecule is O=C(c1cccc(C2CCC2)c1)C1(C(F)(F)F)CCNC1. The van der Waals surface area contributed by atoms with Crippen LogP contribution in [0.2, 0.25) is 0 Å². The first-order valence-corrected chi connectivity index (χ1v) is 7.36. The van der Waals surface area contributed by atoms with E-state index in [0.29, 0.717) is 5.92 Å². The summed E-state index contributed by atoms with van der Waals surface area (Å²) < 4.78 is 40.3. The predicted octanol–water partition coefficient (Wildman–Crippen LogP) is 3.68. The van der Waals surface area contributed by atoms with Gasteiger partial charge in [-0.05, 0) is 43.4 Å². The Kier molecular flexibility index (Phi) is 3.56. The van der Waals surface area contributed by atoms with E-state index in [4.69, 9.17) is 0 Å². The zero-order chi connectivity index (χ0) is 15.1. The zero-order valence-electron chi connectivity index (χ0n) is 11.7. The number of nitrogens with one attached hydrogen (secondary N) is 1. The summed E-state index contributed by atoms with van der Waals surface area (Å²) >= 11 is 0. The van der Waals surface area contributed by atoms with Crippen LogP contribution in [0.4, 0.5) is 13.2 Å². The Hall–Kier alpha value is -1.36. The monoisotopic (exact) mass is 297 g/mol. The van der Waals surface area contributed by atoms with Gasteiger partial charge in [-0.3, -0.25) is 4.79 Å². The standard InChI is InChI=1S/C16H18F3NO/c17-16(18,19)15(7-8-20-10-15)14(21)13-6-2-5-12(9-13)11-3-1-4-11/h2,5-6,9,11,20H,1,3-4,7-8,10H2. The third kappa shape index (κ3) is 2.37. The number of alkyl halides is 3. The molecule has 1 aliphatic heterocycles. The van der Waals surface area contributed by atoms with E-state index in [0.717, 1.165) is 24.8 Å². The van der Waals surface area contributed by atoms with Crippen molar-refractivity contribution in [2.24, 2.45) is 5.41 Å². The van der Waals surface area contributed by atoms with Crippen LogP contribution in [0, 0.1) is 5.41 Å². The molecule has 0 bridgehead atoms. The van der Waals surface area contributed by atoms with Gasteiger partial charge in [0, 0.05) is 12.1 Å². The van der Waals surface area contributed by atoms with E-state index in [2.05, 4.69) is 5.32 Å². The highest BCUT2D eigenvalue weighted by molar-refractivity contribution is 6.01. The Morgan fingerprint density at radius 3 is 2.57 bits per heavy atom. The van der Waals surface area contributed by atoms with Gasteiger partial charge in [-0.25, -0.2) is 0 Å². The molecule has 1 N–H and O–H groups in total. The molecule has 2 fully saturated rings. The van der Waals surface area contributed by atoms with Crippen LogP contribution in [0.3, 0.4) is 0 Å². The van der Waals surface area contributed by atoms with Crippen LogP contribution >= 0.6 is 0 Å². The van der Waals surface area contributed by atoms with Crippen LogP contribution in [0.5, 0.6) is 0 Å². The van der Waals surface area contributed by atoms with Crippen molar-refractivity contribution in [2.75, 3.05) is 13.1 Å². The molecule has 1 heterocycles. The first-order chi connectivity index (χ1) is 9.94. The Morgan fingerprint density at radius 1 is 1.29 bits per heavy atom. The highest BCUT2D eigenvalue weighted by atomic mass is 19.4. The lowest BCUT2D eigenvalue weighted by molar-refractivity contribution is -0.197. The highest BCUT2D eigenvalue weighted by Crippen LogP contribution is 2.46. The maximum atomic E-state index is 13.4. The minimum absolute atomic E-state index is 0.178. The number of benzene rings is 1. The van der Waals surface area contributed by atoms with Gasteiger partial charge in [0.25, 0.3) is 0 Å². The van der Waals surface area contributed by atoms with Gasteiger partial charge in [-0.2, -0.15) is 13.2 Å². The summed E-state index contributed by atoms with van der Waals surface area (Å²) in [5.74, 6) is -0.387. The fourth-order valence-corrected chi connectivity index (χ4v) is 3.21. The molecule has 0 amide bonds. The number of ketones is 1. The normalized spacial score (nSPS) is 26.6. The molecule has 0 aromatic heterocycles. The maximum absolute atomic E-state index is 13.4. The van der Waals surface area contributed by atoms with E-state index >= 15 is 0 Å². The highest BCUT2D eigenvalue weighted by Gasteiger charge is 2.61. The van der Waals surface area contributed by atoms with E-state index in [1.54, 1.807) is 12.1 Å². The Morgan fingerprint density at radius 2 is 2.05 bits per heavy atom. The Balaban J connectivity index is 1.93. The fourth-order valence-electron chi connectivity index (χ4n) is 3.21. The molecule has 1 atom stereocenters. The molecule has 2 nitrogen and oxygen atoms in total. The molecule has 1 unspecified atom stereocenters. The first-order valence-electron chi connectivity index (χ1n) is 7.36. The van der Waals surface area contributed by atoms with Crippen molar-refractivity contribution in [3.05, 3.63) is 35.4 Å². The minimum Gasteiger partial charge on any atom is -0.315 e. The second-order valence-corrected chi connectivity index (χ2v) is 6.09. The number of rotatable bonds is 3. The average molecular weight is 297 g/mol. The lowest BCUT2D eigenvalue weighted by Gasteiger charge is -2.30. The van der Waals surface area contributed by atoms with Gasteiger partial charge in [0.2, 0.25) is 0 Å². The molecular formula is C16H18F3NO. The Labute approximate surface area is 121 Å². The topological polar surface area (TPSA) is 29.1 Å². The average Bonchev–Trinajstić information content (AvgIpc) is 2.86. The van der Waals surface area contributed by atoms with Crippen LogP contribution in [0.1, 0.15) is 47.5 Å². The summed E-state index contributed by atoms with van der Waals surface area (Å²) in [6.07, 6.45) is -1.42. The van der Waals surface area contributed by atoms with Gasteiger partial charge >= 0.3 is 6.18 Å². The van der Waals surface area contributed by atoms with Crippen molar-refractivity contribution in [2.45, 2.75) is 37.8 Å². The third-order valence-corrected chi connectivity index (χ3v) is 4.86. The van der Waals surface area contributed by atoms with Crippen LogP contribution in [-0.2, 0) is 0 Å². The number of halogens is 3. The van der Waals surface area contributed by atoms with Crippen LogP contribution in [-0.4, -0.2) is 25.0 Å². The van der Waals surface area contributed by atoms with E-state index in [1.165, 1.54) is 6.07 Å². The van der Waals surface area contributed by atoms with Gasteiger partial charge in [0.05, 0.1) is 0 Å². The van der Waals surface area contributed by atoms with E-state index < -0.39 is 17.4 Å². The lowest BCUT2D eigenvalue weighted by Crippen LogP contribution is -2.46. The predicted molar refractivity (Wildman–Crippen MR) is 73.3 cm³/mol. The van der Waals surface area contributed by atoms with E-state index in [1.807, 2.05) is 6.07 Å². The molecule has 1 aromatic rings. The van der Waals surface area contributed by atoms with Crippen molar-refractivity contribution >= 4 is 5.78 Å². The molecule has 114 valence electrons. The zero-order valence-corrected chi connectivity index (χ0v) is 11.7. The molecule has 1 aromatic carbocycles. The van der Waals surface area contributed by atoms with Crippen LogP contribution < -0.4 is 5.32 Å². The van der Waals surface area contributed by atoms with Crippen LogP contribution in [0.15, 0.2) is 24.3 Å². The van der Waals surface area contributed by atoms with Crippen LogP contribution in [0.25, 0.3) is 0 Å². The van der Waals surface area contributed by atoms with Crippen molar-refractivity contribution < 1.29 is 18.0 Å². The molecule has 1 aliphatic carbocycles.